The summed E-state index contributed by atoms with van der Waals surface area (Å²) in [5.74, 6) is -0.0000608. The zero-order valence-corrected chi connectivity index (χ0v) is 11.4. The summed E-state index contributed by atoms with van der Waals surface area (Å²) in [7, 11) is 0. The minimum absolute atomic E-state index is 0.0000608. The molecule has 1 heterocycles. The Morgan fingerprint density at radius 3 is 3.00 bits per heavy atom. The van der Waals surface area contributed by atoms with Crippen LogP contribution in [-0.4, -0.2) is 27.4 Å². The van der Waals surface area contributed by atoms with Gasteiger partial charge in [-0.05, 0) is 24.7 Å². The fourth-order valence-electron chi connectivity index (χ4n) is 2.60. The van der Waals surface area contributed by atoms with Crippen LogP contribution in [0.1, 0.15) is 51.8 Å². The Morgan fingerprint density at radius 1 is 1.61 bits per heavy atom. The summed E-state index contributed by atoms with van der Waals surface area (Å²) in [5, 5.41) is 11.2. The standard InChI is InChI=1S/C13H22N4O/c1-10(18)14-7-5-11-9-17(16-15-11)12-4-6-13(2,3)8-12/h9,12H,4-8H2,1-3H3,(H,14,18). The van der Waals surface area contributed by atoms with Crippen LogP contribution in [0.25, 0.3) is 0 Å². The maximum absolute atomic E-state index is 10.8. The van der Waals surface area contributed by atoms with Crippen LogP contribution in [0.15, 0.2) is 6.20 Å². The Labute approximate surface area is 108 Å². The molecular weight excluding hydrogens is 228 g/mol. The molecule has 5 heteroatoms. The fraction of sp³-hybridized carbons (Fsp3) is 0.769. The highest BCUT2D eigenvalue weighted by atomic mass is 16.1. The van der Waals surface area contributed by atoms with E-state index in [1.165, 1.54) is 26.2 Å². The van der Waals surface area contributed by atoms with Crippen LogP contribution in [0.4, 0.5) is 0 Å². The first-order valence-corrected chi connectivity index (χ1v) is 6.61. The van der Waals surface area contributed by atoms with E-state index in [0.29, 0.717) is 18.0 Å². The number of aromatic nitrogens is 3. The van der Waals surface area contributed by atoms with Gasteiger partial charge in [0.15, 0.2) is 0 Å². The van der Waals surface area contributed by atoms with Gasteiger partial charge >= 0.3 is 0 Å². The molecule has 1 unspecified atom stereocenters. The number of amides is 1. The van der Waals surface area contributed by atoms with E-state index in [2.05, 4.69) is 29.5 Å². The van der Waals surface area contributed by atoms with Crippen molar-refractivity contribution in [3.05, 3.63) is 11.9 Å². The van der Waals surface area contributed by atoms with E-state index in [1.807, 2.05) is 10.9 Å². The predicted molar refractivity (Wildman–Crippen MR) is 69.1 cm³/mol. The number of nitrogens with zero attached hydrogens (tertiary/aromatic N) is 3. The van der Waals surface area contributed by atoms with Gasteiger partial charge in [-0.3, -0.25) is 4.79 Å². The number of carbonyl (C=O) groups excluding carboxylic acids is 1. The summed E-state index contributed by atoms with van der Waals surface area (Å²) < 4.78 is 2.00. The Morgan fingerprint density at radius 2 is 2.39 bits per heavy atom. The molecule has 100 valence electrons. The quantitative estimate of drug-likeness (QED) is 0.885. The van der Waals surface area contributed by atoms with Gasteiger partial charge < -0.3 is 5.32 Å². The monoisotopic (exact) mass is 250 g/mol. The highest BCUT2D eigenvalue weighted by Gasteiger charge is 2.32. The SMILES string of the molecule is CC(=O)NCCc1cn(C2CCC(C)(C)C2)nn1. The van der Waals surface area contributed by atoms with E-state index in [-0.39, 0.29) is 5.91 Å². The normalized spacial score (nSPS) is 22.1. The molecule has 0 spiro atoms. The minimum Gasteiger partial charge on any atom is -0.356 e. The first-order chi connectivity index (χ1) is 8.46. The van der Waals surface area contributed by atoms with E-state index in [1.54, 1.807) is 0 Å². The van der Waals surface area contributed by atoms with Gasteiger partial charge in [0.05, 0.1) is 11.7 Å². The molecule has 1 aromatic rings. The van der Waals surface area contributed by atoms with Crippen molar-refractivity contribution in [1.29, 1.82) is 0 Å². The lowest BCUT2D eigenvalue weighted by Gasteiger charge is -2.16. The van der Waals surface area contributed by atoms with E-state index >= 15 is 0 Å². The number of hydrogen-bond acceptors (Lipinski definition) is 3. The van der Waals surface area contributed by atoms with Crippen LogP contribution in [-0.2, 0) is 11.2 Å². The molecule has 18 heavy (non-hydrogen) atoms. The van der Waals surface area contributed by atoms with E-state index in [0.717, 1.165) is 12.1 Å². The van der Waals surface area contributed by atoms with E-state index in [4.69, 9.17) is 0 Å². The predicted octanol–water partition coefficient (Wildman–Crippen LogP) is 1.71. The second-order valence-corrected chi connectivity index (χ2v) is 5.98. The summed E-state index contributed by atoms with van der Waals surface area (Å²) in [4.78, 5) is 10.8. The molecule has 0 aliphatic heterocycles. The maximum atomic E-state index is 10.8. The van der Waals surface area contributed by atoms with E-state index in [9.17, 15) is 4.79 Å². The van der Waals surface area contributed by atoms with Crippen LogP contribution < -0.4 is 5.32 Å². The first kappa shape index (κ1) is 13.1. The second kappa shape index (κ2) is 5.08. The maximum Gasteiger partial charge on any atom is 0.216 e. The minimum atomic E-state index is -0.0000608. The molecule has 5 nitrogen and oxygen atoms in total. The molecule has 0 saturated heterocycles. The largest absolute Gasteiger partial charge is 0.356 e. The van der Waals surface area contributed by atoms with Crippen LogP contribution in [0, 0.1) is 5.41 Å². The average Bonchev–Trinajstić information content (AvgIpc) is 2.84. The lowest BCUT2D eigenvalue weighted by Crippen LogP contribution is -2.22. The summed E-state index contributed by atoms with van der Waals surface area (Å²) in [6, 6.07) is 0.488. The van der Waals surface area contributed by atoms with Crippen LogP contribution in [0.3, 0.4) is 0 Å². The summed E-state index contributed by atoms with van der Waals surface area (Å²) in [5.41, 5.74) is 1.38. The van der Waals surface area contributed by atoms with Gasteiger partial charge in [-0.1, -0.05) is 19.1 Å². The molecular formula is C13H22N4O. The molecule has 1 aliphatic rings. The highest BCUT2D eigenvalue weighted by Crippen LogP contribution is 2.42. The molecule has 0 radical (unpaired) electrons. The Kier molecular flexibility index (Phi) is 3.68. The van der Waals surface area contributed by atoms with Gasteiger partial charge in [0, 0.05) is 26.1 Å². The van der Waals surface area contributed by atoms with Crippen LogP contribution in [0.5, 0.6) is 0 Å². The summed E-state index contributed by atoms with van der Waals surface area (Å²) in [6.45, 7) is 6.77. The molecule has 1 fully saturated rings. The molecule has 1 aliphatic carbocycles. The Hall–Kier alpha value is -1.39. The molecule has 0 bridgehead atoms. The van der Waals surface area contributed by atoms with Gasteiger partial charge in [0.1, 0.15) is 0 Å². The molecule has 0 aromatic carbocycles. The zero-order valence-electron chi connectivity index (χ0n) is 11.4. The lowest BCUT2D eigenvalue weighted by atomic mass is 9.92. The topological polar surface area (TPSA) is 59.8 Å². The van der Waals surface area contributed by atoms with Crippen molar-refractivity contribution in [2.24, 2.45) is 5.41 Å². The number of rotatable bonds is 4. The molecule has 1 amide bonds. The smallest absolute Gasteiger partial charge is 0.216 e. The van der Waals surface area contributed by atoms with Gasteiger partial charge in [0.2, 0.25) is 5.91 Å². The van der Waals surface area contributed by atoms with Gasteiger partial charge in [0.25, 0.3) is 0 Å². The van der Waals surface area contributed by atoms with Gasteiger partial charge in [-0.15, -0.1) is 5.10 Å². The third-order valence-electron chi connectivity index (χ3n) is 3.63. The van der Waals surface area contributed by atoms with Crippen molar-refractivity contribution in [2.75, 3.05) is 6.54 Å². The van der Waals surface area contributed by atoms with Gasteiger partial charge in [-0.25, -0.2) is 4.68 Å². The summed E-state index contributed by atoms with van der Waals surface area (Å²) >= 11 is 0. The van der Waals surface area contributed by atoms with Crippen molar-refractivity contribution in [3.63, 3.8) is 0 Å². The average molecular weight is 250 g/mol. The van der Waals surface area contributed by atoms with Crippen molar-refractivity contribution >= 4 is 5.91 Å². The van der Waals surface area contributed by atoms with Crippen molar-refractivity contribution in [2.45, 2.75) is 52.5 Å². The van der Waals surface area contributed by atoms with Crippen LogP contribution >= 0.6 is 0 Å². The van der Waals surface area contributed by atoms with Gasteiger partial charge in [-0.2, -0.15) is 0 Å². The molecule has 1 N–H and O–H groups in total. The molecule has 1 saturated carbocycles. The summed E-state index contributed by atoms with van der Waals surface area (Å²) in [6.07, 6.45) is 6.37. The third-order valence-corrected chi connectivity index (χ3v) is 3.63. The zero-order chi connectivity index (χ0) is 13.2. The number of carbonyl (C=O) groups is 1. The van der Waals surface area contributed by atoms with Crippen LogP contribution in [0.2, 0.25) is 0 Å². The Balaban J connectivity index is 1.88. The van der Waals surface area contributed by atoms with Crippen molar-refractivity contribution in [3.8, 4) is 0 Å². The Bertz CT molecular complexity index is 424. The first-order valence-electron chi connectivity index (χ1n) is 6.61. The highest BCUT2D eigenvalue weighted by molar-refractivity contribution is 5.72. The van der Waals surface area contributed by atoms with E-state index < -0.39 is 0 Å². The number of nitrogens with one attached hydrogen (secondary N) is 1. The molecule has 1 atom stereocenters. The molecule has 2 rings (SSSR count). The molecule has 1 aromatic heterocycles. The van der Waals surface area contributed by atoms with Crippen molar-refractivity contribution < 1.29 is 4.79 Å². The lowest BCUT2D eigenvalue weighted by molar-refractivity contribution is -0.118. The number of hydrogen-bond donors (Lipinski definition) is 1. The van der Waals surface area contributed by atoms with Crippen molar-refractivity contribution in [1.82, 2.24) is 20.3 Å². The third kappa shape index (κ3) is 3.31. The second-order valence-electron chi connectivity index (χ2n) is 5.98. The fourth-order valence-corrected chi connectivity index (χ4v) is 2.60.